The summed E-state index contributed by atoms with van der Waals surface area (Å²) in [6.45, 7) is 0. The monoisotopic (exact) mass is 361 g/mol. The zero-order valence-electron chi connectivity index (χ0n) is 12.2. The molecule has 0 saturated carbocycles. The quantitative estimate of drug-likeness (QED) is 0.686. The van der Waals surface area contributed by atoms with Crippen LogP contribution in [0.2, 0.25) is 10.0 Å². The highest BCUT2D eigenvalue weighted by Gasteiger charge is 2.27. The highest BCUT2D eigenvalue weighted by atomic mass is 35.5. The molecule has 1 unspecified atom stereocenters. The molecule has 4 rings (SSSR count). The Hall–Kier alpha value is -2.31. The molecule has 0 fully saturated rings. The second kappa shape index (κ2) is 5.96. The molecule has 0 radical (unpaired) electrons. The maximum absolute atomic E-state index is 13.2. The fourth-order valence-corrected chi connectivity index (χ4v) is 3.01. The van der Waals surface area contributed by atoms with Gasteiger partial charge in [-0.25, -0.2) is 14.1 Å². The van der Waals surface area contributed by atoms with Crippen LogP contribution in [0.5, 0.6) is 0 Å². The third-order valence-electron chi connectivity index (χ3n) is 3.90. The molecular weight excluding hydrogens is 352 g/mol. The van der Waals surface area contributed by atoms with E-state index in [1.807, 2.05) is 6.07 Å². The Morgan fingerprint density at radius 1 is 1.04 bits per heavy atom. The number of hydrogen-bond acceptors (Lipinski definition) is 4. The van der Waals surface area contributed by atoms with E-state index in [4.69, 9.17) is 23.2 Å². The van der Waals surface area contributed by atoms with Crippen LogP contribution in [-0.2, 0) is 0 Å². The van der Waals surface area contributed by atoms with Gasteiger partial charge in [0, 0.05) is 6.42 Å². The summed E-state index contributed by atoms with van der Waals surface area (Å²) >= 11 is 12.1. The number of rotatable bonds is 2. The van der Waals surface area contributed by atoms with Crippen molar-refractivity contribution in [3.8, 4) is 0 Å². The zero-order chi connectivity index (χ0) is 16.7. The fraction of sp³-hybridized carbons (Fsp3) is 0.125. The predicted molar refractivity (Wildman–Crippen MR) is 89.6 cm³/mol. The van der Waals surface area contributed by atoms with Crippen molar-refractivity contribution in [1.29, 1.82) is 0 Å². The van der Waals surface area contributed by atoms with Crippen molar-refractivity contribution >= 4 is 34.9 Å². The fourth-order valence-electron chi connectivity index (χ4n) is 2.70. The second-order valence-electron chi connectivity index (χ2n) is 5.38. The lowest BCUT2D eigenvalue weighted by Crippen LogP contribution is -2.21. The summed E-state index contributed by atoms with van der Waals surface area (Å²) < 4.78 is 14.8. The average Bonchev–Trinajstić information content (AvgIpc) is 3.06. The molecule has 0 amide bonds. The van der Waals surface area contributed by atoms with Crippen molar-refractivity contribution in [3.05, 3.63) is 69.5 Å². The smallest absolute Gasteiger partial charge is 0.214 e. The predicted octanol–water partition coefficient (Wildman–Crippen LogP) is 4.23. The number of hydrogen-bond donors (Lipinski definition) is 0. The Labute approximate surface area is 146 Å². The van der Waals surface area contributed by atoms with Gasteiger partial charge in [-0.1, -0.05) is 46.5 Å². The first-order chi connectivity index (χ1) is 11.6. The molecule has 1 aromatic heterocycles. The molecule has 2 aromatic carbocycles. The standard InChI is InChI=1S/C16H10Cl2FN5/c17-12-6-3-10(7-13(12)18)15-8-14(9-1-4-11(19)5-2-9)20-16-21-22-23-24(15)16/h1-7,15H,8H2. The Kier molecular flexibility index (Phi) is 3.78. The van der Waals surface area contributed by atoms with Crippen LogP contribution in [-0.4, -0.2) is 25.9 Å². The first kappa shape index (κ1) is 15.2. The van der Waals surface area contributed by atoms with Crippen molar-refractivity contribution in [2.24, 2.45) is 4.99 Å². The van der Waals surface area contributed by atoms with Crippen LogP contribution in [0.4, 0.5) is 10.3 Å². The molecule has 24 heavy (non-hydrogen) atoms. The minimum Gasteiger partial charge on any atom is -0.214 e. The maximum Gasteiger partial charge on any atom is 0.269 e. The van der Waals surface area contributed by atoms with E-state index in [0.717, 1.165) is 16.8 Å². The van der Waals surface area contributed by atoms with Gasteiger partial charge in [-0.2, -0.15) is 0 Å². The molecule has 5 nitrogen and oxygen atoms in total. The summed E-state index contributed by atoms with van der Waals surface area (Å²) in [5.41, 5.74) is 2.54. The van der Waals surface area contributed by atoms with Gasteiger partial charge in [0.1, 0.15) is 5.82 Å². The van der Waals surface area contributed by atoms with Gasteiger partial charge in [-0.15, -0.1) is 0 Å². The van der Waals surface area contributed by atoms with Gasteiger partial charge in [-0.3, -0.25) is 0 Å². The first-order valence-electron chi connectivity index (χ1n) is 7.18. The Bertz CT molecular complexity index is 936. The van der Waals surface area contributed by atoms with Crippen molar-refractivity contribution in [2.45, 2.75) is 12.5 Å². The summed E-state index contributed by atoms with van der Waals surface area (Å²) in [5, 5.41) is 12.6. The maximum atomic E-state index is 13.2. The SMILES string of the molecule is Fc1ccc(C2=Nc3nnnn3C(c3ccc(Cl)c(Cl)c3)C2)cc1. The molecule has 0 spiro atoms. The van der Waals surface area contributed by atoms with E-state index in [0.29, 0.717) is 22.4 Å². The Morgan fingerprint density at radius 2 is 1.83 bits per heavy atom. The molecule has 120 valence electrons. The van der Waals surface area contributed by atoms with Crippen molar-refractivity contribution in [2.75, 3.05) is 0 Å². The molecule has 0 aliphatic carbocycles. The second-order valence-corrected chi connectivity index (χ2v) is 6.20. The molecule has 0 N–H and O–H groups in total. The number of nitrogens with zero attached hydrogens (tertiary/aromatic N) is 5. The minimum atomic E-state index is -0.291. The lowest BCUT2D eigenvalue weighted by atomic mass is 9.96. The third kappa shape index (κ3) is 2.68. The van der Waals surface area contributed by atoms with Crippen LogP contribution in [0.3, 0.4) is 0 Å². The molecule has 3 aromatic rings. The number of benzene rings is 2. The van der Waals surface area contributed by atoms with Crippen LogP contribution in [0, 0.1) is 5.82 Å². The molecular formula is C16H10Cl2FN5. The summed E-state index contributed by atoms with van der Waals surface area (Å²) in [7, 11) is 0. The molecule has 0 bridgehead atoms. The zero-order valence-corrected chi connectivity index (χ0v) is 13.7. The normalized spacial score (nSPS) is 16.6. The van der Waals surface area contributed by atoms with E-state index >= 15 is 0 Å². The lowest BCUT2D eigenvalue weighted by molar-refractivity contribution is 0.515. The van der Waals surface area contributed by atoms with Gasteiger partial charge in [0.05, 0.1) is 21.8 Å². The van der Waals surface area contributed by atoms with E-state index in [-0.39, 0.29) is 11.9 Å². The Morgan fingerprint density at radius 3 is 2.58 bits per heavy atom. The summed E-state index contributed by atoms with van der Waals surface area (Å²) in [6.07, 6.45) is 0.557. The van der Waals surface area contributed by atoms with Crippen molar-refractivity contribution in [3.63, 3.8) is 0 Å². The van der Waals surface area contributed by atoms with Crippen LogP contribution in [0.25, 0.3) is 0 Å². The highest BCUT2D eigenvalue weighted by molar-refractivity contribution is 6.42. The van der Waals surface area contributed by atoms with Gasteiger partial charge < -0.3 is 0 Å². The van der Waals surface area contributed by atoms with Crippen LogP contribution < -0.4 is 0 Å². The number of halogens is 3. The molecule has 8 heteroatoms. The lowest BCUT2D eigenvalue weighted by Gasteiger charge is -2.23. The first-order valence-corrected chi connectivity index (χ1v) is 7.94. The molecule has 1 aliphatic rings. The topological polar surface area (TPSA) is 56.0 Å². The van der Waals surface area contributed by atoms with Gasteiger partial charge in [0.15, 0.2) is 0 Å². The van der Waals surface area contributed by atoms with E-state index in [1.165, 1.54) is 12.1 Å². The van der Waals surface area contributed by atoms with E-state index in [1.54, 1.807) is 28.9 Å². The van der Waals surface area contributed by atoms with Gasteiger partial charge in [0.2, 0.25) is 0 Å². The van der Waals surface area contributed by atoms with Gasteiger partial charge in [-0.05, 0) is 45.8 Å². The number of aromatic nitrogens is 4. The van der Waals surface area contributed by atoms with Crippen LogP contribution >= 0.6 is 23.2 Å². The highest BCUT2D eigenvalue weighted by Crippen LogP contribution is 2.34. The van der Waals surface area contributed by atoms with E-state index < -0.39 is 0 Å². The summed E-state index contributed by atoms with van der Waals surface area (Å²) in [5.74, 6) is 0.109. The van der Waals surface area contributed by atoms with Crippen molar-refractivity contribution < 1.29 is 4.39 Å². The van der Waals surface area contributed by atoms with Crippen molar-refractivity contribution in [1.82, 2.24) is 20.2 Å². The van der Waals surface area contributed by atoms with Gasteiger partial charge >= 0.3 is 0 Å². The third-order valence-corrected chi connectivity index (χ3v) is 4.64. The van der Waals surface area contributed by atoms with Crippen LogP contribution in [0.15, 0.2) is 47.5 Å². The molecule has 1 aliphatic heterocycles. The summed E-state index contributed by atoms with van der Waals surface area (Å²) in [6, 6.07) is 11.5. The van der Waals surface area contributed by atoms with E-state index in [2.05, 4.69) is 20.5 Å². The molecule has 0 saturated heterocycles. The number of fused-ring (bicyclic) bond motifs is 1. The average molecular weight is 362 g/mol. The largest absolute Gasteiger partial charge is 0.269 e. The number of aliphatic imine (C=N–C) groups is 1. The Balaban J connectivity index is 1.78. The molecule has 2 heterocycles. The summed E-state index contributed by atoms with van der Waals surface area (Å²) in [4.78, 5) is 4.48. The van der Waals surface area contributed by atoms with E-state index in [9.17, 15) is 4.39 Å². The van der Waals surface area contributed by atoms with Crippen LogP contribution in [0.1, 0.15) is 23.6 Å². The molecule has 1 atom stereocenters. The van der Waals surface area contributed by atoms with Gasteiger partial charge in [0.25, 0.3) is 5.95 Å². The minimum absolute atomic E-state index is 0.165. The number of tetrazole rings is 1.